The molecule has 5 rings (SSSR count). The normalized spacial score (nSPS) is 46.3. The Balaban J connectivity index is 1.54. The summed E-state index contributed by atoms with van der Waals surface area (Å²) in [6.45, 7) is 2.07. The zero-order chi connectivity index (χ0) is 12.9. The molecule has 4 fully saturated rings. The van der Waals surface area contributed by atoms with Crippen LogP contribution in [0.2, 0.25) is 0 Å². The standard InChI is InChI=1S/C16H19NO2/c1-8(9-2-3-9)17-14(18)12-10-4-5-11(13(12)15(17)19)16(10)6-7-16/h4-5,8-13H,2-3,6-7H2,1H3/t8-,10+,11+,12+,13+/m1/s1. The maximum atomic E-state index is 12.7. The molecule has 0 N–H and O–H groups in total. The molecule has 3 saturated carbocycles. The summed E-state index contributed by atoms with van der Waals surface area (Å²) in [6, 6.07) is 0.139. The van der Waals surface area contributed by atoms with Crippen molar-refractivity contribution < 1.29 is 9.59 Å². The molecule has 0 unspecified atom stereocenters. The number of carbonyl (C=O) groups is 2. The molecular formula is C16H19NO2. The first-order valence-electron chi connectivity index (χ1n) is 7.70. The minimum absolute atomic E-state index is 0.00815. The molecule has 1 aliphatic heterocycles. The van der Waals surface area contributed by atoms with Gasteiger partial charge in [-0.3, -0.25) is 14.5 Å². The first kappa shape index (κ1) is 10.6. The summed E-state index contributed by atoms with van der Waals surface area (Å²) in [5, 5.41) is 0. The van der Waals surface area contributed by atoms with Gasteiger partial charge in [0.15, 0.2) is 0 Å². The lowest BCUT2D eigenvalue weighted by atomic mass is 9.85. The van der Waals surface area contributed by atoms with Gasteiger partial charge in [0, 0.05) is 6.04 Å². The summed E-state index contributed by atoms with van der Waals surface area (Å²) in [5.74, 6) is 1.60. The highest BCUT2D eigenvalue weighted by Crippen LogP contribution is 2.73. The van der Waals surface area contributed by atoms with Gasteiger partial charge in [0.05, 0.1) is 11.8 Å². The van der Waals surface area contributed by atoms with Crippen LogP contribution in [-0.2, 0) is 9.59 Å². The summed E-state index contributed by atoms with van der Waals surface area (Å²) in [4.78, 5) is 27.1. The van der Waals surface area contributed by atoms with Crippen molar-refractivity contribution >= 4 is 11.8 Å². The van der Waals surface area contributed by atoms with E-state index < -0.39 is 0 Å². The van der Waals surface area contributed by atoms with E-state index in [0.717, 1.165) is 0 Å². The summed E-state index contributed by atoms with van der Waals surface area (Å²) in [5.41, 5.74) is 0.329. The summed E-state index contributed by atoms with van der Waals surface area (Å²) in [7, 11) is 0. The Labute approximate surface area is 113 Å². The van der Waals surface area contributed by atoms with E-state index in [1.54, 1.807) is 4.90 Å². The van der Waals surface area contributed by atoms with Crippen molar-refractivity contribution in [1.29, 1.82) is 0 Å². The van der Waals surface area contributed by atoms with Crippen LogP contribution in [0.15, 0.2) is 12.2 Å². The Hall–Kier alpha value is -1.12. The number of carbonyl (C=O) groups excluding carboxylic acids is 2. The second-order valence-corrected chi connectivity index (χ2v) is 7.35. The third-order valence-corrected chi connectivity index (χ3v) is 6.60. The zero-order valence-corrected chi connectivity index (χ0v) is 11.2. The van der Waals surface area contributed by atoms with E-state index in [1.807, 2.05) is 0 Å². The number of imide groups is 1. The fourth-order valence-corrected chi connectivity index (χ4v) is 5.29. The van der Waals surface area contributed by atoms with E-state index >= 15 is 0 Å². The van der Waals surface area contributed by atoms with Gasteiger partial charge in [0.25, 0.3) is 0 Å². The molecule has 5 atom stereocenters. The van der Waals surface area contributed by atoms with Gasteiger partial charge in [-0.25, -0.2) is 0 Å². The fourth-order valence-electron chi connectivity index (χ4n) is 5.29. The summed E-state index contributed by atoms with van der Waals surface area (Å²) in [6.07, 6.45) is 9.30. The second-order valence-electron chi connectivity index (χ2n) is 7.35. The molecule has 1 saturated heterocycles. The van der Waals surface area contributed by atoms with Crippen molar-refractivity contribution in [3.05, 3.63) is 12.2 Å². The monoisotopic (exact) mass is 257 g/mol. The van der Waals surface area contributed by atoms with Crippen molar-refractivity contribution in [1.82, 2.24) is 4.90 Å². The molecule has 19 heavy (non-hydrogen) atoms. The van der Waals surface area contributed by atoms with Crippen molar-refractivity contribution in [3.63, 3.8) is 0 Å². The minimum Gasteiger partial charge on any atom is -0.279 e. The molecule has 100 valence electrons. The smallest absolute Gasteiger partial charge is 0.233 e. The number of hydrogen-bond acceptors (Lipinski definition) is 2. The van der Waals surface area contributed by atoms with Gasteiger partial charge in [0.1, 0.15) is 0 Å². The van der Waals surface area contributed by atoms with Gasteiger partial charge in [-0.2, -0.15) is 0 Å². The fraction of sp³-hybridized carbons (Fsp3) is 0.750. The Kier molecular flexibility index (Phi) is 1.66. The third-order valence-electron chi connectivity index (χ3n) is 6.60. The highest BCUT2D eigenvalue weighted by Gasteiger charge is 2.73. The number of likely N-dealkylation sites (tertiary alicyclic amines) is 1. The van der Waals surface area contributed by atoms with E-state index in [4.69, 9.17) is 0 Å². The summed E-state index contributed by atoms with van der Waals surface area (Å²) >= 11 is 0. The van der Waals surface area contributed by atoms with E-state index in [1.165, 1.54) is 25.7 Å². The maximum Gasteiger partial charge on any atom is 0.233 e. The van der Waals surface area contributed by atoms with Gasteiger partial charge in [-0.15, -0.1) is 0 Å². The first-order valence-corrected chi connectivity index (χ1v) is 7.70. The molecule has 2 bridgehead atoms. The molecule has 0 aromatic carbocycles. The quantitative estimate of drug-likeness (QED) is 0.560. The van der Waals surface area contributed by atoms with Crippen LogP contribution in [-0.4, -0.2) is 22.8 Å². The second kappa shape index (κ2) is 2.97. The van der Waals surface area contributed by atoms with Crippen LogP contribution in [0.25, 0.3) is 0 Å². The van der Waals surface area contributed by atoms with E-state index in [0.29, 0.717) is 23.2 Å². The number of nitrogens with zero attached hydrogens (tertiary/aromatic N) is 1. The van der Waals surface area contributed by atoms with Gasteiger partial charge in [0.2, 0.25) is 11.8 Å². The predicted octanol–water partition coefficient (Wildman–Crippen LogP) is 1.98. The molecule has 0 aromatic rings. The molecule has 4 aliphatic carbocycles. The van der Waals surface area contributed by atoms with E-state index in [-0.39, 0.29) is 29.7 Å². The van der Waals surface area contributed by atoms with Crippen LogP contribution in [0.4, 0.5) is 0 Å². The Morgan fingerprint density at radius 2 is 1.63 bits per heavy atom. The van der Waals surface area contributed by atoms with Gasteiger partial charge < -0.3 is 0 Å². The molecule has 0 radical (unpaired) electrons. The number of hydrogen-bond donors (Lipinski definition) is 0. The Bertz CT molecular complexity index is 495. The number of allylic oxidation sites excluding steroid dienone is 2. The van der Waals surface area contributed by atoms with Crippen LogP contribution >= 0.6 is 0 Å². The van der Waals surface area contributed by atoms with E-state index in [9.17, 15) is 9.59 Å². The van der Waals surface area contributed by atoms with Crippen LogP contribution in [0.1, 0.15) is 32.6 Å². The van der Waals surface area contributed by atoms with E-state index in [2.05, 4.69) is 19.1 Å². The topological polar surface area (TPSA) is 37.4 Å². The molecule has 1 heterocycles. The third kappa shape index (κ3) is 1.04. The molecule has 0 aromatic heterocycles. The van der Waals surface area contributed by atoms with Crippen LogP contribution in [0, 0.1) is 35.0 Å². The van der Waals surface area contributed by atoms with Crippen molar-refractivity contribution in [2.45, 2.75) is 38.6 Å². The molecule has 2 amide bonds. The minimum atomic E-state index is -0.00815. The highest BCUT2D eigenvalue weighted by molar-refractivity contribution is 6.07. The lowest BCUT2D eigenvalue weighted by molar-refractivity contribution is -0.144. The SMILES string of the molecule is C[C@H](C1CC1)N1C(=O)[C@@H]2[C@@H](C1=O)[C@@H]1C=C[C@@H]2C12CC2. The van der Waals surface area contributed by atoms with Crippen molar-refractivity contribution in [2.75, 3.05) is 0 Å². The van der Waals surface area contributed by atoms with Gasteiger partial charge >= 0.3 is 0 Å². The maximum absolute atomic E-state index is 12.7. The number of rotatable bonds is 2. The van der Waals surface area contributed by atoms with Crippen LogP contribution < -0.4 is 0 Å². The lowest BCUT2D eigenvalue weighted by Gasteiger charge is -2.26. The summed E-state index contributed by atoms with van der Waals surface area (Å²) < 4.78 is 0. The Morgan fingerprint density at radius 3 is 2.05 bits per heavy atom. The van der Waals surface area contributed by atoms with Gasteiger partial charge in [-0.05, 0) is 55.8 Å². The largest absolute Gasteiger partial charge is 0.279 e. The molecule has 5 aliphatic rings. The first-order chi connectivity index (χ1) is 9.15. The van der Waals surface area contributed by atoms with Crippen LogP contribution in [0.5, 0.6) is 0 Å². The Morgan fingerprint density at radius 1 is 1.11 bits per heavy atom. The van der Waals surface area contributed by atoms with Crippen molar-refractivity contribution in [3.8, 4) is 0 Å². The predicted molar refractivity (Wildman–Crippen MR) is 68.8 cm³/mol. The molecule has 3 nitrogen and oxygen atoms in total. The number of fused-ring (bicyclic) bond motifs is 3. The number of amides is 2. The molecular weight excluding hydrogens is 238 g/mol. The lowest BCUT2D eigenvalue weighted by Crippen LogP contribution is -2.42. The zero-order valence-electron chi connectivity index (χ0n) is 11.2. The van der Waals surface area contributed by atoms with Gasteiger partial charge in [-0.1, -0.05) is 12.2 Å². The average molecular weight is 257 g/mol. The van der Waals surface area contributed by atoms with Crippen molar-refractivity contribution in [2.24, 2.45) is 35.0 Å². The highest BCUT2D eigenvalue weighted by atomic mass is 16.2. The van der Waals surface area contributed by atoms with Crippen LogP contribution in [0.3, 0.4) is 0 Å². The molecule has 3 heteroatoms. The average Bonchev–Trinajstić information content (AvgIpc) is 3.27. The molecule has 1 spiro atoms.